The number of hydrogen-bond donors (Lipinski definition) is 0. The molecule has 4 nitrogen and oxygen atoms in total. The summed E-state index contributed by atoms with van der Waals surface area (Å²) in [6.07, 6.45) is 5.97. The highest BCUT2D eigenvalue weighted by Crippen LogP contribution is 2.16. The summed E-state index contributed by atoms with van der Waals surface area (Å²) in [5, 5.41) is 0. The molecule has 1 fully saturated rings. The highest BCUT2D eigenvalue weighted by atomic mass is 32.2. The van der Waals surface area contributed by atoms with Crippen LogP contribution in [0.5, 0.6) is 0 Å². The van der Waals surface area contributed by atoms with E-state index in [1.807, 2.05) is 12.5 Å². The fraction of sp³-hybridized carbons (Fsp3) is 0.471. The Hall–Kier alpha value is -1.30. The molecule has 0 N–H and O–H groups in total. The van der Waals surface area contributed by atoms with Crippen molar-refractivity contribution in [3.05, 3.63) is 48.0 Å². The first-order valence-electron chi connectivity index (χ1n) is 7.77. The number of benzene rings is 1. The topological polar surface area (TPSA) is 24.3 Å². The van der Waals surface area contributed by atoms with Crippen LogP contribution in [0, 0.1) is 0 Å². The number of hydrogen-bond acceptors (Lipinski definition) is 4. The van der Waals surface area contributed by atoms with Gasteiger partial charge in [0.05, 0.1) is 12.0 Å². The van der Waals surface area contributed by atoms with Gasteiger partial charge in [0.1, 0.15) is 0 Å². The van der Waals surface area contributed by atoms with Gasteiger partial charge in [-0.2, -0.15) is 0 Å². The molecule has 0 spiro atoms. The number of nitrogens with zero attached hydrogens (tertiary/aromatic N) is 4. The third kappa shape index (κ3) is 3.91. The standard InChI is InChI=1S/C17H24N4S/c1-19-14-18-11-16(19)13-21-9-7-20(8-10-21)12-15-3-5-17(22-2)6-4-15/h3-6,11,14H,7-10,12-13H2,1-2H3. The average Bonchev–Trinajstić information content (AvgIpc) is 2.95. The Morgan fingerprint density at radius 2 is 1.64 bits per heavy atom. The van der Waals surface area contributed by atoms with Gasteiger partial charge in [-0.25, -0.2) is 4.98 Å². The van der Waals surface area contributed by atoms with E-state index in [4.69, 9.17) is 0 Å². The summed E-state index contributed by atoms with van der Waals surface area (Å²) in [6, 6.07) is 8.96. The van der Waals surface area contributed by atoms with E-state index >= 15 is 0 Å². The van der Waals surface area contributed by atoms with Crippen LogP contribution < -0.4 is 0 Å². The zero-order chi connectivity index (χ0) is 15.4. The molecule has 0 aliphatic carbocycles. The second kappa shape index (κ2) is 7.31. The Morgan fingerprint density at radius 3 is 2.18 bits per heavy atom. The van der Waals surface area contributed by atoms with Crippen molar-refractivity contribution in [2.24, 2.45) is 7.05 Å². The highest BCUT2D eigenvalue weighted by Gasteiger charge is 2.17. The lowest BCUT2D eigenvalue weighted by Gasteiger charge is -2.34. The lowest BCUT2D eigenvalue weighted by molar-refractivity contribution is 0.120. The summed E-state index contributed by atoms with van der Waals surface area (Å²) in [5.41, 5.74) is 2.71. The number of imidazole rings is 1. The second-order valence-corrected chi connectivity index (χ2v) is 6.78. The maximum absolute atomic E-state index is 4.20. The van der Waals surface area contributed by atoms with Crippen LogP contribution in [-0.2, 0) is 20.1 Å². The van der Waals surface area contributed by atoms with Gasteiger partial charge in [0, 0.05) is 57.4 Å². The molecule has 3 rings (SSSR count). The second-order valence-electron chi connectivity index (χ2n) is 5.90. The van der Waals surface area contributed by atoms with Crippen LogP contribution in [0.3, 0.4) is 0 Å². The molecule has 1 saturated heterocycles. The van der Waals surface area contributed by atoms with Crippen molar-refractivity contribution < 1.29 is 0 Å². The average molecular weight is 316 g/mol. The number of rotatable bonds is 5. The van der Waals surface area contributed by atoms with Crippen LogP contribution >= 0.6 is 11.8 Å². The van der Waals surface area contributed by atoms with E-state index in [1.54, 1.807) is 11.8 Å². The highest BCUT2D eigenvalue weighted by molar-refractivity contribution is 7.98. The zero-order valence-electron chi connectivity index (χ0n) is 13.4. The van der Waals surface area contributed by atoms with Gasteiger partial charge in [-0.05, 0) is 24.0 Å². The summed E-state index contributed by atoms with van der Waals surface area (Å²) in [5.74, 6) is 0. The fourth-order valence-electron chi connectivity index (χ4n) is 2.86. The van der Waals surface area contributed by atoms with Crippen LogP contribution in [0.25, 0.3) is 0 Å². The van der Waals surface area contributed by atoms with Gasteiger partial charge < -0.3 is 4.57 Å². The first kappa shape index (κ1) is 15.6. The molecule has 0 saturated carbocycles. The molecule has 1 aromatic heterocycles. The Kier molecular flexibility index (Phi) is 5.18. The van der Waals surface area contributed by atoms with Gasteiger partial charge in [-0.3, -0.25) is 9.80 Å². The molecular formula is C17H24N4S. The van der Waals surface area contributed by atoms with Gasteiger partial charge in [0.15, 0.2) is 0 Å². The molecule has 2 aromatic rings. The summed E-state index contributed by atoms with van der Waals surface area (Å²) in [6.45, 7) is 6.62. The molecule has 0 bridgehead atoms. The molecule has 0 atom stereocenters. The SMILES string of the molecule is CSc1ccc(CN2CCN(Cc3cncn3C)CC2)cc1. The van der Waals surface area contributed by atoms with Gasteiger partial charge in [0.2, 0.25) is 0 Å². The Labute approximate surface area is 137 Å². The zero-order valence-corrected chi connectivity index (χ0v) is 14.2. The van der Waals surface area contributed by atoms with Crippen molar-refractivity contribution in [2.75, 3.05) is 32.4 Å². The maximum Gasteiger partial charge on any atom is 0.0945 e. The largest absolute Gasteiger partial charge is 0.337 e. The van der Waals surface area contributed by atoms with Crippen LogP contribution in [0.4, 0.5) is 0 Å². The van der Waals surface area contributed by atoms with Crippen molar-refractivity contribution in [3.8, 4) is 0 Å². The number of piperazine rings is 1. The Bertz CT molecular complexity index is 585. The third-order valence-electron chi connectivity index (χ3n) is 4.33. The van der Waals surface area contributed by atoms with Crippen LogP contribution in [-0.4, -0.2) is 51.8 Å². The lowest BCUT2D eigenvalue weighted by atomic mass is 10.2. The minimum absolute atomic E-state index is 1.01. The van der Waals surface area contributed by atoms with Crippen molar-refractivity contribution in [1.82, 2.24) is 19.4 Å². The van der Waals surface area contributed by atoms with Crippen molar-refractivity contribution in [3.63, 3.8) is 0 Å². The van der Waals surface area contributed by atoms with Gasteiger partial charge in [-0.15, -0.1) is 11.8 Å². The number of aromatic nitrogens is 2. The lowest BCUT2D eigenvalue weighted by Crippen LogP contribution is -2.45. The number of aryl methyl sites for hydroxylation is 1. The third-order valence-corrected chi connectivity index (χ3v) is 5.08. The van der Waals surface area contributed by atoms with E-state index in [0.717, 1.165) is 39.3 Å². The van der Waals surface area contributed by atoms with E-state index in [2.05, 4.69) is 56.9 Å². The minimum Gasteiger partial charge on any atom is -0.337 e. The molecular weight excluding hydrogens is 292 g/mol. The smallest absolute Gasteiger partial charge is 0.0945 e. The molecule has 2 heterocycles. The monoisotopic (exact) mass is 316 g/mol. The fourth-order valence-corrected chi connectivity index (χ4v) is 3.27. The van der Waals surface area contributed by atoms with Crippen LogP contribution in [0.1, 0.15) is 11.3 Å². The molecule has 1 aromatic carbocycles. The predicted molar refractivity (Wildman–Crippen MR) is 92.0 cm³/mol. The molecule has 22 heavy (non-hydrogen) atoms. The summed E-state index contributed by atoms with van der Waals surface area (Å²) < 4.78 is 2.11. The van der Waals surface area contributed by atoms with E-state index in [9.17, 15) is 0 Å². The van der Waals surface area contributed by atoms with E-state index in [-0.39, 0.29) is 0 Å². The van der Waals surface area contributed by atoms with Crippen LogP contribution in [0.15, 0.2) is 41.7 Å². The van der Waals surface area contributed by atoms with Gasteiger partial charge in [-0.1, -0.05) is 12.1 Å². The summed E-state index contributed by atoms with van der Waals surface area (Å²) in [4.78, 5) is 10.6. The first-order valence-corrected chi connectivity index (χ1v) is 9.00. The predicted octanol–water partition coefficient (Wildman–Crippen LogP) is 2.46. The summed E-state index contributed by atoms with van der Waals surface area (Å²) in [7, 11) is 2.07. The minimum atomic E-state index is 1.01. The van der Waals surface area contributed by atoms with E-state index in [1.165, 1.54) is 16.2 Å². The molecule has 0 unspecified atom stereocenters. The van der Waals surface area contributed by atoms with Crippen molar-refractivity contribution >= 4 is 11.8 Å². The van der Waals surface area contributed by atoms with E-state index in [0.29, 0.717) is 0 Å². The Morgan fingerprint density at radius 1 is 1.00 bits per heavy atom. The molecule has 0 amide bonds. The number of thioether (sulfide) groups is 1. The van der Waals surface area contributed by atoms with E-state index < -0.39 is 0 Å². The van der Waals surface area contributed by atoms with Crippen LogP contribution in [0.2, 0.25) is 0 Å². The molecule has 118 valence electrons. The van der Waals surface area contributed by atoms with Crippen molar-refractivity contribution in [1.29, 1.82) is 0 Å². The van der Waals surface area contributed by atoms with Crippen molar-refractivity contribution in [2.45, 2.75) is 18.0 Å². The van der Waals surface area contributed by atoms with Gasteiger partial charge >= 0.3 is 0 Å². The molecule has 1 aliphatic rings. The van der Waals surface area contributed by atoms with Gasteiger partial charge in [0.25, 0.3) is 0 Å². The summed E-state index contributed by atoms with van der Waals surface area (Å²) >= 11 is 1.80. The molecule has 1 aliphatic heterocycles. The first-order chi connectivity index (χ1) is 10.7. The molecule has 0 radical (unpaired) electrons. The molecule has 5 heteroatoms. The maximum atomic E-state index is 4.20. The Balaban J connectivity index is 1.48. The normalized spacial score (nSPS) is 17.0. The quantitative estimate of drug-likeness (QED) is 0.791.